The van der Waals surface area contributed by atoms with Crippen LogP contribution in [-0.4, -0.2) is 31.4 Å². The second-order valence-corrected chi connectivity index (χ2v) is 6.00. The molecule has 0 aliphatic carbocycles. The highest BCUT2D eigenvalue weighted by molar-refractivity contribution is 9.10. The summed E-state index contributed by atoms with van der Waals surface area (Å²) >= 11 is 3.61. The third-order valence-electron chi connectivity index (χ3n) is 3.50. The van der Waals surface area contributed by atoms with Crippen LogP contribution >= 0.6 is 15.9 Å². The molecule has 0 aliphatic rings. The van der Waals surface area contributed by atoms with E-state index in [0.29, 0.717) is 0 Å². The third kappa shape index (κ3) is 2.36. The number of halogens is 1. The molecule has 0 fully saturated rings. The van der Waals surface area contributed by atoms with Gasteiger partial charge in [-0.25, -0.2) is 4.52 Å². The van der Waals surface area contributed by atoms with Crippen LogP contribution in [0.25, 0.3) is 5.52 Å². The Morgan fingerprint density at radius 1 is 1.19 bits per heavy atom. The Bertz CT molecular complexity index is 760. The highest BCUT2D eigenvalue weighted by Gasteiger charge is 2.24. The number of aromatic nitrogens is 5. The highest BCUT2D eigenvalue weighted by atomic mass is 79.9. The van der Waals surface area contributed by atoms with Gasteiger partial charge in [-0.15, -0.1) is 0 Å². The summed E-state index contributed by atoms with van der Waals surface area (Å²) in [4.78, 5) is 4.20. The predicted octanol–water partition coefficient (Wildman–Crippen LogP) is 2.58. The molecule has 1 N–H and O–H groups in total. The fraction of sp³-hybridized carbons (Fsp3) is 0.357. The Balaban J connectivity index is 2.17. The molecule has 1 atom stereocenters. The standard InChI is InChI=1S/C14H17BrN6/c1-9(2)21-14(11(15)7-19-21)13(16-3)10-6-18-20-5-4-17-8-12(10)20/h4-9,13,16H,1-3H3. The van der Waals surface area contributed by atoms with Crippen LogP contribution in [0.1, 0.15) is 37.2 Å². The Labute approximate surface area is 131 Å². The number of fused-ring (bicyclic) bond motifs is 1. The fourth-order valence-corrected chi connectivity index (χ4v) is 3.05. The Hall–Kier alpha value is -1.73. The van der Waals surface area contributed by atoms with Gasteiger partial charge in [-0.05, 0) is 36.8 Å². The minimum absolute atomic E-state index is 0.00836. The van der Waals surface area contributed by atoms with E-state index < -0.39 is 0 Å². The molecule has 0 bridgehead atoms. The molecular formula is C14H17BrN6. The lowest BCUT2D eigenvalue weighted by molar-refractivity contribution is 0.484. The summed E-state index contributed by atoms with van der Waals surface area (Å²) in [7, 11) is 1.94. The Morgan fingerprint density at radius 2 is 2.00 bits per heavy atom. The summed E-state index contributed by atoms with van der Waals surface area (Å²) in [5.41, 5.74) is 3.15. The molecule has 110 valence electrons. The fourth-order valence-electron chi connectivity index (χ4n) is 2.55. The molecule has 3 rings (SSSR count). The van der Waals surface area contributed by atoms with Gasteiger partial charge in [0.1, 0.15) is 0 Å². The van der Waals surface area contributed by atoms with E-state index in [-0.39, 0.29) is 12.1 Å². The lowest BCUT2D eigenvalue weighted by Crippen LogP contribution is -2.22. The average Bonchev–Trinajstić information content (AvgIpc) is 3.06. The van der Waals surface area contributed by atoms with Gasteiger partial charge in [-0.1, -0.05) is 0 Å². The molecule has 0 saturated carbocycles. The van der Waals surface area contributed by atoms with E-state index in [0.717, 1.165) is 21.2 Å². The van der Waals surface area contributed by atoms with E-state index in [9.17, 15) is 0 Å². The van der Waals surface area contributed by atoms with Crippen molar-refractivity contribution in [3.8, 4) is 0 Å². The van der Waals surface area contributed by atoms with E-state index in [1.165, 1.54) is 0 Å². The van der Waals surface area contributed by atoms with Crippen LogP contribution in [0.15, 0.2) is 35.5 Å². The van der Waals surface area contributed by atoms with Gasteiger partial charge in [-0.3, -0.25) is 9.67 Å². The third-order valence-corrected chi connectivity index (χ3v) is 4.11. The van der Waals surface area contributed by atoms with Gasteiger partial charge in [0.05, 0.1) is 40.3 Å². The molecule has 0 saturated heterocycles. The van der Waals surface area contributed by atoms with Crippen LogP contribution < -0.4 is 5.32 Å². The summed E-state index contributed by atoms with van der Waals surface area (Å²) in [6, 6.07) is 0.271. The topological polar surface area (TPSA) is 60.0 Å². The molecule has 3 heterocycles. The van der Waals surface area contributed by atoms with E-state index in [1.807, 2.05) is 41.0 Å². The van der Waals surface area contributed by atoms with Gasteiger partial charge < -0.3 is 5.32 Å². The molecule has 0 spiro atoms. The van der Waals surface area contributed by atoms with Crippen molar-refractivity contribution in [1.82, 2.24) is 29.7 Å². The first-order valence-corrected chi connectivity index (χ1v) is 7.60. The van der Waals surface area contributed by atoms with Crippen LogP contribution in [0.4, 0.5) is 0 Å². The van der Waals surface area contributed by atoms with Crippen molar-refractivity contribution in [2.24, 2.45) is 0 Å². The first kappa shape index (κ1) is 14.2. The second-order valence-electron chi connectivity index (χ2n) is 5.14. The monoisotopic (exact) mass is 348 g/mol. The predicted molar refractivity (Wildman–Crippen MR) is 84.2 cm³/mol. The first-order valence-electron chi connectivity index (χ1n) is 6.81. The normalized spacial score (nSPS) is 13.2. The van der Waals surface area contributed by atoms with Gasteiger partial charge in [0, 0.05) is 24.0 Å². The summed E-state index contributed by atoms with van der Waals surface area (Å²) in [5.74, 6) is 0. The van der Waals surface area contributed by atoms with Crippen molar-refractivity contribution in [2.75, 3.05) is 7.05 Å². The average molecular weight is 349 g/mol. The summed E-state index contributed by atoms with van der Waals surface area (Å²) in [6.07, 6.45) is 9.12. The molecule has 3 aromatic rings. The molecule has 0 radical (unpaired) electrons. The zero-order valence-electron chi connectivity index (χ0n) is 12.2. The molecular weight excluding hydrogens is 332 g/mol. The van der Waals surface area contributed by atoms with E-state index in [1.54, 1.807) is 6.20 Å². The molecule has 7 heteroatoms. The van der Waals surface area contributed by atoms with Crippen molar-refractivity contribution in [3.63, 3.8) is 0 Å². The van der Waals surface area contributed by atoms with Crippen LogP contribution in [0.5, 0.6) is 0 Å². The van der Waals surface area contributed by atoms with Crippen LogP contribution in [0.3, 0.4) is 0 Å². The summed E-state index contributed by atoms with van der Waals surface area (Å²) < 4.78 is 4.83. The van der Waals surface area contributed by atoms with Gasteiger partial charge in [0.25, 0.3) is 0 Å². The van der Waals surface area contributed by atoms with Crippen LogP contribution in [-0.2, 0) is 0 Å². The Morgan fingerprint density at radius 3 is 2.71 bits per heavy atom. The summed E-state index contributed by atoms with van der Waals surface area (Å²) in [6.45, 7) is 4.24. The molecule has 0 aromatic carbocycles. The molecule has 6 nitrogen and oxygen atoms in total. The minimum atomic E-state index is -0.00836. The van der Waals surface area contributed by atoms with Crippen molar-refractivity contribution in [1.29, 1.82) is 0 Å². The van der Waals surface area contributed by atoms with E-state index >= 15 is 0 Å². The first-order chi connectivity index (χ1) is 10.1. The second kappa shape index (κ2) is 5.57. The van der Waals surface area contributed by atoms with E-state index in [4.69, 9.17) is 0 Å². The van der Waals surface area contributed by atoms with Crippen molar-refractivity contribution < 1.29 is 0 Å². The summed E-state index contributed by atoms with van der Waals surface area (Å²) in [5, 5.41) is 12.2. The van der Waals surface area contributed by atoms with Crippen molar-refractivity contribution >= 4 is 21.4 Å². The zero-order valence-corrected chi connectivity index (χ0v) is 13.7. The SMILES string of the molecule is CNC(c1cnn2ccncc12)c1c(Br)cnn1C(C)C. The number of nitrogens with one attached hydrogen (secondary N) is 1. The quantitative estimate of drug-likeness (QED) is 0.787. The largest absolute Gasteiger partial charge is 0.308 e. The van der Waals surface area contributed by atoms with Gasteiger partial charge in [-0.2, -0.15) is 10.2 Å². The van der Waals surface area contributed by atoms with Gasteiger partial charge in [0.15, 0.2) is 0 Å². The van der Waals surface area contributed by atoms with Crippen LogP contribution in [0.2, 0.25) is 0 Å². The smallest absolute Gasteiger partial charge is 0.0896 e. The van der Waals surface area contributed by atoms with Crippen molar-refractivity contribution in [2.45, 2.75) is 25.9 Å². The number of hydrogen-bond acceptors (Lipinski definition) is 4. The number of rotatable bonds is 4. The maximum absolute atomic E-state index is 4.46. The lowest BCUT2D eigenvalue weighted by Gasteiger charge is -2.20. The molecule has 3 aromatic heterocycles. The van der Waals surface area contributed by atoms with E-state index in [2.05, 4.69) is 50.3 Å². The molecule has 1 unspecified atom stereocenters. The molecule has 21 heavy (non-hydrogen) atoms. The van der Waals surface area contributed by atoms with Gasteiger partial charge in [0.2, 0.25) is 0 Å². The number of nitrogens with zero attached hydrogens (tertiary/aromatic N) is 5. The maximum Gasteiger partial charge on any atom is 0.0896 e. The molecule has 0 aliphatic heterocycles. The number of hydrogen-bond donors (Lipinski definition) is 1. The lowest BCUT2D eigenvalue weighted by atomic mass is 10.1. The zero-order chi connectivity index (χ0) is 15.0. The van der Waals surface area contributed by atoms with Crippen LogP contribution in [0, 0.1) is 0 Å². The maximum atomic E-state index is 4.46. The minimum Gasteiger partial charge on any atom is -0.308 e. The highest BCUT2D eigenvalue weighted by Crippen LogP contribution is 2.31. The molecule has 0 amide bonds. The van der Waals surface area contributed by atoms with Gasteiger partial charge >= 0.3 is 0 Å². The van der Waals surface area contributed by atoms with Crippen molar-refractivity contribution in [3.05, 3.63) is 46.7 Å². The Kier molecular flexibility index (Phi) is 3.77.